The number of aliphatic carboxylic acids is 1. The summed E-state index contributed by atoms with van der Waals surface area (Å²) in [4.78, 5) is 24.4. The highest BCUT2D eigenvalue weighted by atomic mass is 16.5. The van der Waals surface area contributed by atoms with Crippen LogP contribution < -0.4 is 5.32 Å². The number of hydrogen-bond acceptors (Lipinski definition) is 3. The van der Waals surface area contributed by atoms with E-state index in [1.807, 2.05) is 0 Å². The lowest BCUT2D eigenvalue weighted by molar-refractivity contribution is -0.143. The van der Waals surface area contributed by atoms with E-state index < -0.39 is 11.9 Å². The molecule has 6 nitrogen and oxygen atoms in total. The molecule has 2 amide bonds. The molecule has 0 aliphatic carbocycles. The van der Waals surface area contributed by atoms with E-state index in [0.29, 0.717) is 38.6 Å². The molecule has 2 atom stereocenters. The molecule has 2 aliphatic heterocycles. The molecule has 102 valence electrons. The average Bonchev–Trinajstić information content (AvgIpc) is 2.89. The van der Waals surface area contributed by atoms with E-state index in [9.17, 15) is 9.59 Å². The van der Waals surface area contributed by atoms with Gasteiger partial charge in [-0.3, -0.25) is 4.79 Å². The molecular formula is C12H20N2O4. The maximum atomic E-state index is 11.9. The first kappa shape index (κ1) is 13.1. The summed E-state index contributed by atoms with van der Waals surface area (Å²) >= 11 is 0. The average molecular weight is 256 g/mol. The Morgan fingerprint density at radius 1 is 1.39 bits per heavy atom. The van der Waals surface area contributed by atoms with Crippen molar-refractivity contribution in [2.45, 2.75) is 19.3 Å². The van der Waals surface area contributed by atoms with Gasteiger partial charge in [0.05, 0.1) is 12.5 Å². The molecule has 0 aromatic rings. The van der Waals surface area contributed by atoms with Gasteiger partial charge in [0.15, 0.2) is 0 Å². The maximum absolute atomic E-state index is 11.9. The molecule has 0 aromatic carbocycles. The van der Waals surface area contributed by atoms with Crippen LogP contribution >= 0.6 is 0 Å². The first-order valence-corrected chi connectivity index (χ1v) is 6.50. The van der Waals surface area contributed by atoms with Crippen LogP contribution in [0.2, 0.25) is 0 Å². The summed E-state index contributed by atoms with van der Waals surface area (Å²) in [5, 5.41) is 11.8. The molecule has 0 saturated carbocycles. The molecule has 2 heterocycles. The molecule has 2 fully saturated rings. The van der Waals surface area contributed by atoms with E-state index in [0.717, 1.165) is 19.4 Å². The van der Waals surface area contributed by atoms with E-state index >= 15 is 0 Å². The van der Waals surface area contributed by atoms with Gasteiger partial charge in [0.1, 0.15) is 0 Å². The monoisotopic (exact) mass is 256 g/mol. The number of carboxylic acids is 1. The molecule has 6 heteroatoms. The van der Waals surface area contributed by atoms with Crippen LogP contribution in [0.25, 0.3) is 0 Å². The molecule has 0 aromatic heterocycles. The Kier molecular flexibility index (Phi) is 4.41. The van der Waals surface area contributed by atoms with Crippen LogP contribution in [0, 0.1) is 11.8 Å². The maximum Gasteiger partial charge on any atom is 0.317 e. The van der Waals surface area contributed by atoms with Crippen LogP contribution in [0.3, 0.4) is 0 Å². The van der Waals surface area contributed by atoms with E-state index in [1.165, 1.54) is 0 Å². The van der Waals surface area contributed by atoms with Crippen LogP contribution in [0.15, 0.2) is 0 Å². The highest BCUT2D eigenvalue weighted by molar-refractivity contribution is 5.76. The molecule has 0 bridgehead atoms. The summed E-state index contributed by atoms with van der Waals surface area (Å²) < 4.78 is 5.24. The molecule has 2 rings (SSSR count). The van der Waals surface area contributed by atoms with Crippen molar-refractivity contribution in [3.8, 4) is 0 Å². The van der Waals surface area contributed by atoms with E-state index in [1.54, 1.807) is 4.90 Å². The number of hydrogen-bond donors (Lipinski definition) is 2. The smallest absolute Gasteiger partial charge is 0.317 e. The summed E-state index contributed by atoms with van der Waals surface area (Å²) in [6.45, 7) is 3.07. The van der Waals surface area contributed by atoms with Crippen molar-refractivity contribution < 1.29 is 19.4 Å². The lowest BCUT2D eigenvalue weighted by Crippen LogP contribution is -2.48. The van der Waals surface area contributed by atoms with E-state index in [4.69, 9.17) is 9.84 Å². The van der Waals surface area contributed by atoms with Gasteiger partial charge in [-0.05, 0) is 19.3 Å². The lowest BCUT2D eigenvalue weighted by atomic mass is 9.99. The van der Waals surface area contributed by atoms with Gasteiger partial charge in [0, 0.05) is 32.2 Å². The third-order valence-electron chi connectivity index (χ3n) is 3.62. The molecule has 0 radical (unpaired) electrons. The van der Waals surface area contributed by atoms with Gasteiger partial charge < -0.3 is 20.1 Å². The van der Waals surface area contributed by atoms with Gasteiger partial charge in [0.25, 0.3) is 0 Å². The topological polar surface area (TPSA) is 78.9 Å². The zero-order chi connectivity index (χ0) is 13.0. The number of likely N-dealkylation sites (tertiary alicyclic amines) is 1. The van der Waals surface area contributed by atoms with Crippen molar-refractivity contribution in [3.63, 3.8) is 0 Å². The second kappa shape index (κ2) is 6.04. The molecule has 0 spiro atoms. The Morgan fingerprint density at radius 3 is 2.89 bits per heavy atom. The normalized spacial score (nSPS) is 28.1. The second-order valence-electron chi connectivity index (χ2n) is 5.04. The van der Waals surface area contributed by atoms with Gasteiger partial charge >= 0.3 is 12.0 Å². The Balaban J connectivity index is 1.75. The molecule has 18 heavy (non-hydrogen) atoms. The Morgan fingerprint density at radius 2 is 2.22 bits per heavy atom. The van der Waals surface area contributed by atoms with E-state index in [-0.39, 0.29) is 6.03 Å². The van der Waals surface area contributed by atoms with Crippen molar-refractivity contribution in [3.05, 3.63) is 0 Å². The number of piperidine rings is 1. The first-order chi connectivity index (χ1) is 8.66. The minimum Gasteiger partial charge on any atom is -0.481 e. The van der Waals surface area contributed by atoms with Crippen molar-refractivity contribution in [2.75, 3.05) is 32.8 Å². The third-order valence-corrected chi connectivity index (χ3v) is 3.62. The van der Waals surface area contributed by atoms with Gasteiger partial charge in [-0.25, -0.2) is 4.79 Å². The molecule has 2 N–H and O–H groups in total. The fraction of sp³-hybridized carbons (Fsp3) is 0.833. The summed E-state index contributed by atoms with van der Waals surface area (Å²) in [6, 6.07) is -0.146. The number of nitrogens with one attached hydrogen (secondary N) is 1. The molecule has 2 saturated heterocycles. The number of nitrogens with zero attached hydrogens (tertiary/aromatic N) is 1. The van der Waals surface area contributed by atoms with Crippen LogP contribution in [0.1, 0.15) is 19.3 Å². The third kappa shape index (κ3) is 3.35. The van der Waals surface area contributed by atoms with E-state index in [2.05, 4.69) is 5.32 Å². The standard InChI is InChI=1S/C12H20N2O4/c15-11(16)10-2-1-4-14(7-10)12(17)13-6-9-3-5-18-8-9/h9-10H,1-8H2,(H,13,17)(H,15,16). The SMILES string of the molecule is O=C(O)C1CCCN(C(=O)NCC2CCOC2)C1. The number of carboxylic acid groups (broad SMARTS) is 1. The summed E-state index contributed by atoms with van der Waals surface area (Å²) in [7, 11) is 0. The number of urea groups is 1. The minimum atomic E-state index is -0.809. The minimum absolute atomic E-state index is 0.146. The fourth-order valence-electron chi connectivity index (χ4n) is 2.45. The number of carbonyl (C=O) groups is 2. The van der Waals surface area contributed by atoms with Crippen molar-refractivity contribution in [2.24, 2.45) is 11.8 Å². The summed E-state index contributed by atoms with van der Waals surface area (Å²) in [5.74, 6) is -0.829. The Hall–Kier alpha value is -1.30. The van der Waals surface area contributed by atoms with Gasteiger partial charge in [0.2, 0.25) is 0 Å². The van der Waals surface area contributed by atoms with Gasteiger partial charge in [-0.2, -0.15) is 0 Å². The van der Waals surface area contributed by atoms with Crippen molar-refractivity contribution >= 4 is 12.0 Å². The molecule has 2 unspecified atom stereocenters. The van der Waals surface area contributed by atoms with Gasteiger partial charge in [-0.1, -0.05) is 0 Å². The first-order valence-electron chi connectivity index (χ1n) is 6.50. The predicted molar refractivity (Wildman–Crippen MR) is 64.3 cm³/mol. The largest absolute Gasteiger partial charge is 0.481 e. The van der Waals surface area contributed by atoms with Crippen LogP contribution in [-0.2, 0) is 9.53 Å². The lowest BCUT2D eigenvalue weighted by Gasteiger charge is -2.31. The van der Waals surface area contributed by atoms with Gasteiger partial charge in [-0.15, -0.1) is 0 Å². The van der Waals surface area contributed by atoms with Crippen LogP contribution in [0.5, 0.6) is 0 Å². The Bertz CT molecular complexity index is 315. The number of amides is 2. The zero-order valence-electron chi connectivity index (χ0n) is 10.4. The van der Waals surface area contributed by atoms with Crippen molar-refractivity contribution in [1.82, 2.24) is 10.2 Å². The fourth-order valence-corrected chi connectivity index (χ4v) is 2.45. The summed E-state index contributed by atoms with van der Waals surface area (Å²) in [6.07, 6.45) is 2.41. The number of carbonyl (C=O) groups excluding carboxylic acids is 1. The second-order valence-corrected chi connectivity index (χ2v) is 5.04. The van der Waals surface area contributed by atoms with Crippen LogP contribution in [0.4, 0.5) is 4.79 Å². The molecular weight excluding hydrogens is 236 g/mol. The predicted octanol–water partition coefficient (Wildman–Crippen LogP) is 0.529. The number of ether oxygens (including phenoxy) is 1. The zero-order valence-corrected chi connectivity index (χ0v) is 10.4. The number of rotatable bonds is 3. The highest BCUT2D eigenvalue weighted by Gasteiger charge is 2.28. The highest BCUT2D eigenvalue weighted by Crippen LogP contribution is 2.17. The summed E-state index contributed by atoms with van der Waals surface area (Å²) in [5.41, 5.74) is 0. The Labute approximate surface area is 106 Å². The van der Waals surface area contributed by atoms with Crippen molar-refractivity contribution in [1.29, 1.82) is 0 Å². The quantitative estimate of drug-likeness (QED) is 0.772. The molecule has 2 aliphatic rings. The van der Waals surface area contributed by atoms with Crippen LogP contribution in [-0.4, -0.2) is 54.9 Å².